The van der Waals surface area contributed by atoms with Crippen LogP contribution in [0.4, 0.5) is 0 Å². The SMILES string of the molecule is NCCCCC(NC(=O)c1cccc(=O)[nH]1)C(=O)c1nc2ccccc2s1. The van der Waals surface area contributed by atoms with Gasteiger partial charge >= 0.3 is 0 Å². The van der Waals surface area contributed by atoms with E-state index in [1.807, 2.05) is 24.3 Å². The molecule has 1 aromatic carbocycles. The summed E-state index contributed by atoms with van der Waals surface area (Å²) in [5.74, 6) is -0.736. The number of nitrogens with one attached hydrogen (secondary N) is 2. The second-order valence-corrected chi connectivity index (χ2v) is 7.12. The zero-order valence-electron chi connectivity index (χ0n) is 14.6. The number of rotatable bonds is 8. The monoisotopic (exact) mass is 384 g/mol. The van der Waals surface area contributed by atoms with Crippen LogP contribution in [0.2, 0.25) is 0 Å². The van der Waals surface area contributed by atoms with Gasteiger partial charge in [-0.3, -0.25) is 14.4 Å². The van der Waals surface area contributed by atoms with E-state index in [1.54, 1.807) is 0 Å². The summed E-state index contributed by atoms with van der Waals surface area (Å²) in [4.78, 5) is 43.7. The van der Waals surface area contributed by atoms with Crippen molar-refractivity contribution in [2.75, 3.05) is 6.54 Å². The van der Waals surface area contributed by atoms with Gasteiger partial charge in [-0.2, -0.15) is 0 Å². The number of H-pyrrole nitrogens is 1. The molecule has 0 aliphatic heterocycles. The van der Waals surface area contributed by atoms with Gasteiger partial charge in [0.1, 0.15) is 5.69 Å². The van der Waals surface area contributed by atoms with Crippen LogP contribution in [0.1, 0.15) is 39.6 Å². The standard InChI is InChI=1S/C19H20N4O3S/c20-11-4-3-7-13(22-18(26)14-8-5-10-16(24)21-14)17(25)19-23-12-6-1-2-9-15(12)27-19/h1-2,5-6,8-10,13H,3-4,7,11,20H2,(H,21,24)(H,22,26). The lowest BCUT2D eigenvalue weighted by atomic mass is 10.1. The van der Waals surface area contributed by atoms with E-state index in [0.29, 0.717) is 24.4 Å². The second-order valence-electron chi connectivity index (χ2n) is 6.09. The van der Waals surface area contributed by atoms with E-state index in [4.69, 9.17) is 5.73 Å². The lowest BCUT2D eigenvalue weighted by Crippen LogP contribution is -2.41. The number of nitrogens with zero attached hydrogens (tertiary/aromatic N) is 1. The Hall–Kier alpha value is -2.84. The van der Waals surface area contributed by atoms with E-state index in [-0.39, 0.29) is 17.0 Å². The molecule has 8 heteroatoms. The molecule has 0 aliphatic carbocycles. The lowest BCUT2D eigenvalue weighted by Gasteiger charge is -2.16. The number of aromatic amines is 1. The Morgan fingerprint density at radius 3 is 2.70 bits per heavy atom. The van der Waals surface area contributed by atoms with Crippen molar-refractivity contribution in [3.8, 4) is 0 Å². The topological polar surface area (TPSA) is 118 Å². The number of ketones is 1. The van der Waals surface area contributed by atoms with Crippen molar-refractivity contribution in [3.05, 3.63) is 63.5 Å². The number of hydrogen-bond acceptors (Lipinski definition) is 6. The summed E-state index contributed by atoms with van der Waals surface area (Å²) < 4.78 is 0.917. The van der Waals surface area contributed by atoms with Crippen molar-refractivity contribution in [2.24, 2.45) is 5.73 Å². The van der Waals surface area contributed by atoms with Crippen LogP contribution in [0.5, 0.6) is 0 Å². The molecule has 0 radical (unpaired) electrons. The van der Waals surface area contributed by atoms with Crippen LogP contribution in [0.25, 0.3) is 10.2 Å². The molecule has 0 aliphatic rings. The van der Waals surface area contributed by atoms with Crippen molar-refractivity contribution < 1.29 is 9.59 Å². The highest BCUT2D eigenvalue weighted by atomic mass is 32.1. The number of unbranched alkanes of at least 4 members (excludes halogenated alkanes) is 1. The number of Topliss-reactive ketones (excluding diaryl/α,β-unsaturated/α-hetero) is 1. The normalized spacial score (nSPS) is 12.0. The van der Waals surface area contributed by atoms with Crippen LogP contribution in [0.3, 0.4) is 0 Å². The smallest absolute Gasteiger partial charge is 0.268 e. The summed E-state index contributed by atoms with van der Waals surface area (Å²) in [6.45, 7) is 0.516. The molecule has 0 saturated carbocycles. The largest absolute Gasteiger partial charge is 0.340 e. The van der Waals surface area contributed by atoms with E-state index in [9.17, 15) is 14.4 Å². The van der Waals surface area contributed by atoms with Gasteiger partial charge in [-0.15, -0.1) is 11.3 Å². The summed E-state index contributed by atoms with van der Waals surface area (Å²) in [5, 5.41) is 3.09. The molecule has 1 atom stereocenters. The molecular formula is C19H20N4O3S. The van der Waals surface area contributed by atoms with Gasteiger partial charge in [0.25, 0.3) is 5.91 Å². The number of aromatic nitrogens is 2. The number of fused-ring (bicyclic) bond motifs is 1. The van der Waals surface area contributed by atoms with Gasteiger partial charge in [0.05, 0.1) is 16.3 Å². The van der Waals surface area contributed by atoms with E-state index in [2.05, 4.69) is 15.3 Å². The summed E-state index contributed by atoms with van der Waals surface area (Å²) in [6.07, 6.45) is 1.90. The predicted octanol–water partition coefficient (Wildman–Crippen LogP) is 2.09. The minimum Gasteiger partial charge on any atom is -0.340 e. The molecule has 140 valence electrons. The Bertz CT molecular complexity index is 978. The molecule has 3 rings (SSSR count). The number of carbonyl (C=O) groups excluding carboxylic acids is 2. The number of carbonyl (C=O) groups is 2. The zero-order valence-corrected chi connectivity index (χ0v) is 15.4. The first-order valence-electron chi connectivity index (χ1n) is 8.68. The third-order valence-electron chi connectivity index (χ3n) is 4.09. The second kappa shape index (κ2) is 8.70. The number of thiazole rings is 1. The van der Waals surface area contributed by atoms with Crippen molar-refractivity contribution >= 4 is 33.2 Å². The maximum Gasteiger partial charge on any atom is 0.268 e. The van der Waals surface area contributed by atoms with Crippen LogP contribution in [0.15, 0.2) is 47.3 Å². The molecular weight excluding hydrogens is 364 g/mol. The van der Waals surface area contributed by atoms with Crippen LogP contribution in [0, 0.1) is 0 Å². The molecule has 1 unspecified atom stereocenters. The molecule has 0 spiro atoms. The number of amides is 1. The fourth-order valence-electron chi connectivity index (χ4n) is 2.70. The highest BCUT2D eigenvalue weighted by Crippen LogP contribution is 2.23. The molecule has 27 heavy (non-hydrogen) atoms. The van der Waals surface area contributed by atoms with Crippen molar-refractivity contribution in [1.82, 2.24) is 15.3 Å². The minimum absolute atomic E-state index is 0.114. The predicted molar refractivity (Wildman–Crippen MR) is 105 cm³/mol. The van der Waals surface area contributed by atoms with Gasteiger partial charge < -0.3 is 16.0 Å². The minimum atomic E-state index is -0.728. The maximum absolute atomic E-state index is 13.0. The van der Waals surface area contributed by atoms with E-state index in [1.165, 1.54) is 29.5 Å². The van der Waals surface area contributed by atoms with Gasteiger partial charge in [0.2, 0.25) is 11.3 Å². The number of nitrogens with two attached hydrogens (primary N) is 1. The fraction of sp³-hybridized carbons (Fsp3) is 0.263. The molecule has 1 amide bonds. The Morgan fingerprint density at radius 2 is 1.96 bits per heavy atom. The highest BCUT2D eigenvalue weighted by molar-refractivity contribution is 7.20. The van der Waals surface area contributed by atoms with Gasteiger partial charge in [0, 0.05) is 6.07 Å². The Kier molecular flexibility index (Phi) is 6.10. The Labute approximate surface area is 159 Å². The molecule has 0 saturated heterocycles. The van der Waals surface area contributed by atoms with Gasteiger partial charge in [0.15, 0.2) is 5.01 Å². The van der Waals surface area contributed by atoms with E-state index in [0.717, 1.165) is 16.6 Å². The Balaban J connectivity index is 1.82. The van der Waals surface area contributed by atoms with Crippen molar-refractivity contribution in [3.63, 3.8) is 0 Å². The number of benzene rings is 1. The van der Waals surface area contributed by atoms with Crippen molar-refractivity contribution in [1.29, 1.82) is 0 Å². The Morgan fingerprint density at radius 1 is 1.15 bits per heavy atom. The summed E-state index contributed by atoms with van der Waals surface area (Å²) in [7, 11) is 0. The molecule has 3 aromatic rings. The van der Waals surface area contributed by atoms with Crippen LogP contribution >= 0.6 is 11.3 Å². The highest BCUT2D eigenvalue weighted by Gasteiger charge is 2.25. The average molecular weight is 384 g/mol. The summed E-state index contributed by atoms with van der Waals surface area (Å²) >= 11 is 1.30. The summed E-state index contributed by atoms with van der Waals surface area (Å²) in [5.41, 5.74) is 6.03. The number of para-hydroxylation sites is 1. The third kappa shape index (κ3) is 4.66. The first-order chi connectivity index (χ1) is 13.1. The maximum atomic E-state index is 13.0. The molecule has 0 fully saturated rings. The summed E-state index contributed by atoms with van der Waals surface area (Å²) in [6, 6.07) is 11.1. The first kappa shape index (κ1) is 18.9. The third-order valence-corrected chi connectivity index (χ3v) is 5.14. The van der Waals surface area contributed by atoms with E-state index >= 15 is 0 Å². The van der Waals surface area contributed by atoms with Gasteiger partial charge in [-0.1, -0.05) is 18.2 Å². The molecule has 0 bridgehead atoms. The van der Waals surface area contributed by atoms with Gasteiger partial charge in [-0.25, -0.2) is 4.98 Å². The van der Waals surface area contributed by atoms with Crippen LogP contribution in [-0.4, -0.2) is 34.2 Å². The fourth-order valence-corrected chi connectivity index (χ4v) is 3.66. The van der Waals surface area contributed by atoms with Crippen molar-refractivity contribution in [2.45, 2.75) is 25.3 Å². The number of hydrogen-bond donors (Lipinski definition) is 3. The molecule has 4 N–H and O–H groups in total. The molecule has 2 heterocycles. The molecule has 2 aromatic heterocycles. The average Bonchev–Trinajstić information content (AvgIpc) is 3.11. The number of pyridine rings is 1. The van der Waals surface area contributed by atoms with E-state index < -0.39 is 11.9 Å². The quantitative estimate of drug-likeness (QED) is 0.406. The van der Waals surface area contributed by atoms with Gasteiger partial charge in [-0.05, 0) is 44.0 Å². The van der Waals surface area contributed by atoms with Crippen LogP contribution < -0.4 is 16.6 Å². The first-order valence-corrected chi connectivity index (χ1v) is 9.50. The van der Waals surface area contributed by atoms with Crippen LogP contribution in [-0.2, 0) is 0 Å². The lowest BCUT2D eigenvalue weighted by molar-refractivity contribution is 0.0848. The molecule has 7 nitrogen and oxygen atoms in total. The zero-order chi connectivity index (χ0) is 19.2.